The van der Waals surface area contributed by atoms with Crippen LogP contribution in [0.15, 0.2) is 48.7 Å². The van der Waals surface area contributed by atoms with Crippen LogP contribution in [0.4, 0.5) is 13.2 Å². The summed E-state index contributed by atoms with van der Waals surface area (Å²) in [5, 5.41) is 40.2. The average Bonchev–Trinajstić information content (AvgIpc) is 3.38. The summed E-state index contributed by atoms with van der Waals surface area (Å²) in [6.45, 7) is 4.69. The summed E-state index contributed by atoms with van der Waals surface area (Å²) in [5.74, 6) is -5.40. The van der Waals surface area contributed by atoms with Gasteiger partial charge in [0, 0.05) is 16.9 Å². The third-order valence-corrected chi connectivity index (χ3v) is 7.08. The van der Waals surface area contributed by atoms with Gasteiger partial charge in [0.15, 0.2) is 17.5 Å². The summed E-state index contributed by atoms with van der Waals surface area (Å²) >= 11 is 0. The number of hydrogen-bond acceptors (Lipinski definition) is 7. The van der Waals surface area contributed by atoms with Gasteiger partial charge in [0.2, 0.25) is 0 Å². The van der Waals surface area contributed by atoms with Gasteiger partial charge in [-0.1, -0.05) is 56.3 Å². The molecule has 11 heteroatoms. The van der Waals surface area contributed by atoms with Crippen molar-refractivity contribution in [2.24, 2.45) is 11.3 Å². The van der Waals surface area contributed by atoms with E-state index in [1.54, 1.807) is 20.8 Å². The van der Waals surface area contributed by atoms with Crippen molar-refractivity contribution in [3.8, 4) is 11.3 Å². The van der Waals surface area contributed by atoms with Crippen LogP contribution < -0.4 is 0 Å². The van der Waals surface area contributed by atoms with Crippen molar-refractivity contribution >= 4 is 5.78 Å². The number of nitrogens with zero attached hydrogens (tertiary/aromatic N) is 3. The molecule has 1 fully saturated rings. The van der Waals surface area contributed by atoms with Crippen LogP contribution >= 0.6 is 0 Å². The van der Waals surface area contributed by atoms with Crippen LogP contribution in [0.25, 0.3) is 11.3 Å². The Morgan fingerprint density at radius 2 is 1.72 bits per heavy atom. The van der Waals surface area contributed by atoms with Crippen LogP contribution in [0.1, 0.15) is 38.8 Å². The summed E-state index contributed by atoms with van der Waals surface area (Å²) in [6, 6.07) is 9.80. The van der Waals surface area contributed by atoms with E-state index in [0.29, 0.717) is 12.8 Å². The van der Waals surface area contributed by atoms with Crippen molar-refractivity contribution in [2.45, 2.75) is 64.1 Å². The number of rotatable bonds is 8. The molecule has 39 heavy (non-hydrogen) atoms. The van der Waals surface area contributed by atoms with E-state index in [1.165, 1.54) is 6.20 Å². The first-order valence-electron chi connectivity index (χ1n) is 12.7. The smallest absolute Gasteiger partial charge is 0.194 e. The second-order valence-corrected chi connectivity index (χ2v) is 10.9. The number of ether oxygens (including phenoxy) is 1. The van der Waals surface area contributed by atoms with E-state index in [1.807, 2.05) is 30.3 Å². The first-order valence-corrected chi connectivity index (χ1v) is 12.7. The predicted molar refractivity (Wildman–Crippen MR) is 135 cm³/mol. The highest BCUT2D eigenvalue weighted by Gasteiger charge is 2.50. The zero-order valence-corrected chi connectivity index (χ0v) is 21.8. The zero-order chi connectivity index (χ0) is 28.5. The Kier molecular flexibility index (Phi) is 8.55. The minimum Gasteiger partial charge on any atom is -0.394 e. The fourth-order valence-electron chi connectivity index (χ4n) is 5.00. The molecule has 0 saturated carbocycles. The molecule has 1 saturated heterocycles. The van der Waals surface area contributed by atoms with Crippen molar-refractivity contribution < 1.29 is 38.0 Å². The molecule has 1 aromatic heterocycles. The predicted octanol–water partition coefficient (Wildman–Crippen LogP) is 3.25. The monoisotopic (exact) mass is 547 g/mol. The Bertz CT molecular complexity index is 1270. The van der Waals surface area contributed by atoms with Crippen LogP contribution in [0.3, 0.4) is 0 Å². The van der Waals surface area contributed by atoms with Gasteiger partial charge in [-0.05, 0) is 30.5 Å². The Morgan fingerprint density at radius 1 is 1.08 bits per heavy atom. The molecule has 3 aromatic rings. The molecule has 4 rings (SSSR count). The number of aromatic nitrogens is 3. The SMILES string of the molecule is CC(C)(C)C(=O)C(CCc1ccccc1)[C@@H]1OC(CO)[C@H](O)[C@H](n2cc(-c3cc(F)c(F)c(F)c3)nn2)C1O. The number of aliphatic hydroxyl groups excluding tert-OH is 3. The molecule has 0 radical (unpaired) electrons. The average molecular weight is 548 g/mol. The number of aryl methyl sites for hydroxylation is 1. The standard InChI is InChI=1S/C28H32F3N3O5/c1-28(2,3)27(38)17(10-9-15-7-5-4-6-8-15)26-25(37)23(24(36)21(14-35)39-26)34-13-20(32-33-34)16-11-18(29)22(31)19(30)12-16/h4-8,11-13,17,21,23-26,35-37H,9-10,14H2,1-3H3/t17?,21?,23-,24-,25?,26-/m0/s1. The minimum absolute atomic E-state index is 0.0396. The molecule has 0 aliphatic carbocycles. The topological polar surface area (TPSA) is 118 Å². The van der Waals surface area contributed by atoms with Gasteiger partial charge in [0.25, 0.3) is 0 Å². The van der Waals surface area contributed by atoms with Crippen molar-refractivity contribution in [3.05, 3.63) is 71.7 Å². The first-order chi connectivity index (χ1) is 18.4. The highest BCUT2D eigenvalue weighted by Crippen LogP contribution is 2.38. The lowest BCUT2D eigenvalue weighted by Gasteiger charge is -2.45. The Hall–Kier alpha value is -3.12. The van der Waals surface area contributed by atoms with E-state index < -0.39 is 65.8 Å². The molecule has 0 bridgehead atoms. The fourth-order valence-corrected chi connectivity index (χ4v) is 5.00. The van der Waals surface area contributed by atoms with Crippen LogP contribution in [0.5, 0.6) is 0 Å². The lowest BCUT2D eigenvalue weighted by Crippen LogP contribution is -2.59. The molecule has 0 amide bonds. The number of carbonyl (C=O) groups is 1. The van der Waals surface area contributed by atoms with Crippen molar-refractivity contribution in [2.75, 3.05) is 6.61 Å². The largest absolute Gasteiger partial charge is 0.394 e. The van der Waals surface area contributed by atoms with Gasteiger partial charge in [-0.15, -0.1) is 5.10 Å². The van der Waals surface area contributed by atoms with E-state index in [9.17, 15) is 33.3 Å². The van der Waals surface area contributed by atoms with Crippen LogP contribution in [-0.4, -0.2) is 67.1 Å². The minimum atomic E-state index is -1.62. The zero-order valence-electron chi connectivity index (χ0n) is 21.8. The molecule has 2 heterocycles. The van der Waals surface area contributed by atoms with E-state index in [0.717, 1.165) is 22.4 Å². The quantitative estimate of drug-likeness (QED) is 0.371. The fraction of sp³-hybridized carbons (Fsp3) is 0.464. The molecule has 3 N–H and O–H groups in total. The summed E-state index contributed by atoms with van der Waals surface area (Å²) in [6.07, 6.45) is -3.11. The van der Waals surface area contributed by atoms with Crippen LogP contribution in [0, 0.1) is 28.8 Å². The van der Waals surface area contributed by atoms with Gasteiger partial charge in [-0.25, -0.2) is 17.9 Å². The lowest BCUT2D eigenvalue weighted by atomic mass is 9.74. The van der Waals surface area contributed by atoms with Gasteiger partial charge in [-0.2, -0.15) is 0 Å². The number of aliphatic hydroxyl groups is 3. The van der Waals surface area contributed by atoms with Crippen LogP contribution in [0.2, 0.25) is 0 Å². The maximum absolute atomic E-state index is 13.8. The number of Topliss-reactive ketones (excluding diaryl/α,β-unsaturated/α-hetero) is 1. The van der Waals surface area contributed by atoms with Gasteiger partial charge in [0.05, 0.1) is 18.9 Å². The molecule has 1 aliphatic rings. The molecule has 6 atom stereocenters. The van der Waals surface area contributed by atoms with Crippen molar-refractivity contribution in [3.63, 3.8) is 0 Å². The summed E-state index contributed by atoms with van der Waals surface area (Å²) < 4.78 is 48.1. The van der Waals surface area contributed by atoms with Crippen LogP contribution in [-0.2, 0) is 16.0 Å². The van der Waals surface area contributed by atoms with E-state index >= 15 is 0 Å². The number of halogens is 3. The number of hydrogen-bond donors (Lipinski definition) is 3. The molecule has 2 aromatic carbocycles. The first kappa shape index (κ1) is 28.9. The number of carbonyl (C=O) groups excluding carboxylic acids is 1. The second-order valence-electron chi connectivity index (χ2n) is 10.9. The maximum Gasteiger partial charge on any atom is 0.194 e. The van der Waals surface area contributed by atoms with E-state index in [-0.39, 0.29) is 17.0 Å². The molecule has 0 spiro atoms. The number of benzene rings is 2. The highest BCUT2D eigenvalue weighted by atomic mass is 19.2. The van der Waals surface area contributed by atoms with Gasteiger partial charge < -0.3 is 20.1 Å². The van der Waals surface area contributed by atoms with Crippen molar-refractivity contribution in [1.82, 2.24) is 15.0 Å². The molecule has 3 unspecified atom stereocenters. The van der Waals surface area contributed by atoms with Gasteiger partial charge in [0.1, 0.15) is 35.8 Å². The summed E-state index contributed by atoms with van der Waals surface area (Å²) in [7, 11) is 0. The van der Waals surface area contributed by atoms with Crippen molar-refractivity contribution in [1.29, 1.82) is 0 Å². The Balaban J connectivity index is 1.68. The Morgan fingerprint density at radius 3 is 2.31 bits per heavy atom. The van der Waals surface area contributed by atoms with Gasteiger partial charge >= 0.3 is 0 Å². The molecular formula is C28H32F3N3O5. The number of ketones is 1. The maximum atomic E-state index is 13.8. The third kappa shape index (κ3) is 6.06. The third-order valence-electron chi connectivity index (χ3n) is 7.08. The normalized spacial score (nSPS) is 24.5. The lowest BCUT2D eigenvalue weighted by molar-refractivity contribution is -0.220. The molecule has 210 valence electrons. The molecule has 8 nitrogen and oxygen atoms in total. The van der Waals surface area contributed by atoms with E-state index in [2.05, 4.69) is 10.3 Å². The Labute approximate surface area is 224 Å². The summed E-state index contributed by atoms with van der Waals surface area (Å²) in [5.41, 5.74) is 0.0706. The van der Waals surface area contributed by atoms with Gasteiger partial charge in [-0.3, -0.25) is 4.79 Å². The summed E-state index contributed by atoms with van der Waals surface area (Å²) in [4.78, 5) is 13.6. The second kappa shape index (κ2) is 11.5. The van der Waals surface area contributed by atoms with E-state index in [4.69, 9.17) is 4.74 Å². The molecular weight excluding hydrogens is 515 g/mol. The highest BCUT2D eigenvalue weighted by molar-refractivity contribution is 5.86. The molecule has 1 aliphatic heterocycles.